The molecule has 1 aliphatic carbocycles. The molecule has 1 aliphatic rings. The van der Waals surface area contributed by atoms with Gasteiger partial charge in [-0.25, -0.2) is 4.79 Å². The monoisotopic (exact) mass is 560 g/mol. The summed E-state index contributed by atoms with van der Waals surface area (Å²) in [4.78, 5) is 12.2. The van der Waals surface area contributed by atoms with Crippen LogP contribution in [0, 0.1) is 0 Å². The highest BCUT2D eigenvalue weighted by molar-refractivity contribution is 5.79. The molecule has 0 heterocycles. The summed E-state index contributed by atoms with van der Waals surface area (Å²) in [6.45, 7) is 7.71. The van der Waals surface area contributed by atoms with Crippen LogP contribution in [0.15, 0.2) is 48.5 Å². The Morgan fingerprint density at radius 1 is 0.600 bits per heavy atom. The highest BCUT2D eigenvalue weighted by Crippen LogP contribution is 2.44. The number of hydrogen-bond acceptors (Lipinski definition) is 9. The lowest BCUT2D eigenvalue weighted by Crippen LogP contribution is -2.29. The molecule has 0 radical (unpaired) electrons. The zero-order chi connectivity index (χ0) is 28.1. The molecular formula is C30H44N2O8. The normalized spacial score (nSPS) is 12.3. The lowest BCUT2D eigenvalue weighted by molar-refractivity contribution is -0.0163. The fourth-order valence-electron chi connectivity index (χ4n) is 4.25. The van der Waals surface area contributed by atoms with Gasteiger partial charge >= 0.3 is 6.09 Å². The van der Waals surface area contributed by atoms with Crippen LogP contribution in [0.25, 0.3) is 11.1 Å². The molecule has 2 aromatic carbocycles. The molecule has 10 heteroatoms. The third-order valence-corrected chi connectivity index (χ3v) is 6.22. The number of nitrogens with one attached hydrogen (secondary N) is 2. The van der Waals surface area contributed by atoms with Crippen LogP contribution in [-0.4, -0.2) is 112 Å². The lowest BCUT2D eigenvalue weighted by atomic mass is 9.98. The van der Waals surface area contributed by atoms with Crippen molar-refractivity contribution in [2.24, 2.45) is 0 Å². The van der Waals surface area contributed by atoms with Gasteiger partial charge in [0, 0.05) is 19.0 Å². The van der Waals surface area contributed by atoms with Crippen molar-refractivity contribution in [2.45, 2.75) is 5.92 Å². The second-order valence-electron chi connectivity index (χ2n) is 9.03. The molecule has 222 valence electrons. The van der Waals surface area contributed by atoms with E-state index in [1.54, 1.807) is 0 Å². The van der Waals surface area contributed by atoms with Gasteiger partial charge < -0.3 is 43.8 Å². The molecule has 2 aromatic rings. The minimum Gasteiger partial charge on any atom is -0.449 e. The largest absolute Gasteiger partial charge is 0.449 e. The molecule has 3 rings (SSSR count). The summed E-state index contributed by atoms with van der Waals surface area (Å²) in [7, 11) is 1.89. The smallest absolute Gasteiger partial charge is 0.407 e. The predicted molar refractivity (Wildman–Crippen MR) is 152 cm³/mol. The number of hydrogen-bond donors (Lipinski definition) is 2. The van der Waals surface area contributed by atoms with Gasteiger partial charge in [-0.2, -0.15) is 0 Å². The van der Waals surface area contributed by atoms with Crippen LogP contribution in [0.2, 0.25) is 0 Å². The summed E-state index contributed by atoms with van der Waals surface area (Å²) in [5, 5.41) is 5.76. The number of fused-ring (bicyclic) bond motifs is 3. The first-order valence-corrected chi connectivity index (χ1v) is 14.0. The van der Waals surface area contributed by atoms with E-state index in [1.165, 1.54) is 22.3 Å². The Labute approximate surface area is 237 Å². The van der Waals surface area contributed by atoms with E-state index < -0.39 is 6.09 Å². The number of benzene rings is 2. The van der Waals surface area contributed by atoms with E-state index in [4.69, 9.17) is 33.2 Å². The summed E-state index contributed by atoms with van der Waals surface area (Å²) in [5.41, 5.74) is 4.80. The first-order valence-electron chi connectivity index (χ1n) is 14.0. The van der Waals surface area contributed by atoms with Crippen LogP contribution in [0.4, 0.5) is 4.79 Å². The van der Waals surface area contributed by atoms with Crippen molar-refractivity contribution in [1.29, 1.82) is 0 Å². The number of ether oxygens (including phenoxy) is 7. The van der Waals surface area contributed by atoms with Crippen molar-refractivity contribution < 1.29 is 38.0 Å². The van der Waals surface area contributed by atoms with Gasteiger partial charge in [0.1, 0.15) is 6.61 Å². The fourth-order valence-corrected chi connectivity index (χ4v) is 4.25. The van der Waals surface area contributed by atoms with Crippen LogP contribution in [0.3, 0.4) is 0 Å². The van der Waals surface area contributed by atoms with E-state index in [2.05, 4.69) is 34.9 Å². The number of amides is 1. The standard InChI is InChI=1S/C30H44N2O8/c1-31-10-12-34-14-16-36-18-20-38-22-23-39-21-19-37-17-15-35-13-11-32-30(33)40-24-29-27-8-4-2-6-25(27)26-7-3-5-9-28(26)29/h2-9,29,31H,10-24H2,1H3,(H,32,33). The maximum absolute atomic E-state index is 12.2. The topological polar surface area (TPSA) is 106 Å². The number of likely N-dealkylation sites (N-methyl/N-ethyl adjacent to an activating group) is 1. The van der Waals surface area contributed by atoms with E-state index >= 15 is 0 Å². The third-order valence-electron chi connectivity index (χ3n) is 6.22. The van der Waals surface area contributed by atoms with Gasteiger partial charge in [0.2, 0.25) is 0 Å². The number of alkyl carbamates (subject to hydrolysis) is 1. The van der Waals surface area contributed by atoms with Gasteiger partial charge in [0.05, 0.1) is 79.3 Å². The van der Waals surface area contributed by atoms with Crippen molar-refractivity contribution in [3.8, 4) is 11.1 Å². The van der Waals surface area contributed by atoms with E-state index in [9.17, 15) is 4.79 Å². The van der Waals surface area contributed by atoms with Gasteiger partial charge in [-0.3, -0.25) is 0 Å². The Hall–Kier alpha value is -2.57. The van der Waals surface area contributed by atoms with Crippen LogP contribution in [-0.2, 0) is 33.2 Å². The molecule has 0 saturated carbocycles. The summed E-state index contributed by atoms with van der Waals surface area (Å²) in [6.07, 6.45) is -0.444. The molecule has 0 fully saturated rings. The van der Waals surface area contributed by atoms with Crippen LogP contribution < -0.4 is 10.6 Å². The Bertz CT molecular complexity index is 915. The molecule has 0 spiro atoms. The van der Waals surface area contributed by atoms with Crippen molar-refractivity contribution >= 4 is 6.09 Å². The van der Waals surface area contributed by atoms with Gasteiger partial charge in [0.25, 0.3) is 0 Å². The van der Waals surface area contributed by atoms with E-state index in [0.29, 0.717) is 92.4 Å². The number of rotatable bonds is 23. The SMILES string of the molecule is CNCCOCCOCCOCCOCCOCCOCCNC(=O)OCC1c2ccccc2-c2ccccc21. The zero-order valence-corrected chi connectivity index (χ0v) is 23.6. The Balaban J connectivity index is 1.07. The van der Waals surface area contributed by atoms with Crippen molar-refractivity contribution in [1.82, 2.24) is 10.6 Å². The molecule has 0 bridgehead atoms. The summed E-state index contributed by atoms with van der Waals surface area (Å²) in [6, 6.07) is 16.5. The molecule has 40 heavy (non-hydrogen) atoms. The maximum Gasteiger partial charge on any atom is 0.407 e. The van der Waals surface area contributed by atoms with Gasteiger partial charge in [0.15, 0.2) is 0 Å². The second kappa shape index (κ2) is 20.3. The van der Waals surface area contributed by atoms with Crippen molar-refractivity contribution in [2.75, 3.05) is 106 Å². The van der Waals surface area contributed by atoms with E-state index in [0.717, 1.165) is 6.54 Å². The minimum atomic E-state index is -0.444. The van der Waals surface area contributed by atoms with Gasteiger partial charge in [-0.15, -0.1) is 0 Å². The average molecular weight is 561 g/mol. The molecule has 0 saturated heterocycles. The Morgan fingerprint density at radius 3 is 1.45 bits per heavy atom. The average Bonchev–Trinajstić information content (AvgIpc) is 3.30. The van der Waals surface area contributed by atoms with E-state index in [-0.39, 0.29) is 5.92 Å². The summed E-state index contributed by atoms with van der Waals surface area (Å²) in [5.74, 6) is 0.0479. The molecule has 0 atom stereocenters. The maximum atomic E-state index is 12.2. The minimum absolute atomic E-state index is 0.0479. The molecular weight excluding hydrogens is 516 g/mol. The lowest BCUT2D eigenvalue weighted by Gasteiger charge is -2.14. The highest BCUT2D eigenvalue weighted by atomic mass is 16.6. The Kier molecular flexibility index (Phi) is 16.2. The first-order chi connectivity index (χ1) is 19.8. The highest BCUT2D eigenvalue weighted by Gasteiger charge is 2.28. The summed E-state index contributed by atoms with van der Waals surface area (Å²) >= 11 is 0. The predicted octanol–water partition coefficient (Wildman–Crippen LogP) is 2.84. The van der Waals surface area contributed by atoms with Crippen LogP contribution in [0.1, 0.15) is 17.0 Å². The van der Waals surface area contributed by atoms with Gasteiger partial charge in [-0.1, -0.05) is 48.5 Å². The number of carbonyl (C=O) groups is 1. The molecule has 10 nitrogen and oxygen atoms in total. The van der Waals surface area contributed by atoms with Crippen molar-refractivity contribution in [3.63, 3.8) is 0 Å². The van der Waals surface area contributed by atoms with Crippen LogP contribution in [0.5, 0.6) is 0 Å². The molecule has 0 aromatic heterocycles. The van der Waals surface area contributed by atoms with Crippen molar-refractivity contribution in [3.05, 3.63) is 59.7 Å². The van der Waals surface area contributed by atoms with E-state index in [1.807, 2.05) is 31.3 Å². The third kappa shape index (κ3) is 11.9. The van der Waals surface area contributed by atoms with Gasteiger partial charge in [-0.05, 0) is 29.3 Å². The quantitative estimate of drug-likeness (QED) is 0.199. The fraction of sp³-hybridized carbons (Fsp3) is 0.567. The molecule has 0 aliphatic heterocycles. The zero-order valence-electron chi connectivity index (χ0n) is 23.6. The molecule has 0 unspecified atom stereocenters. The molecule has 1 amide bonds. The second-order valence-corrected chi connectivity index (χ2v) is 9.03. The molecule has 2 N–H and O–H groups in total. The first kappa shape index (κ1) is 32.0. The number of carbonyl (C=O) groups excluding carboxylic acids is 1. The Morgan fingerprint density at radius 2 is 1.00 bits per heavy atom. The van der Waals surface area contributed by atoms with Crippen LogP contribution >= 0.6 is 0 Å². The summed E-state index contributed by atoms with van der Waals surface area (Å²) < 4.78 is 38.2.